The van der Waals surface area contributed by atoms with E-state index in [2.05, 4.69) is 20.8 Å². The maximum absolute atomic E-state index is 12.4. The number of carbonyl (C=O) groups is 3. The van der Waals surface area contributed by atoms with Gasteiger partial charge in [0.05, 0.1) is 0 Å². The highest BCUT2D eigenvalue weighted by Gasteiger charge is 2.19. The molecule has 0 N–H and O–H groups in total. The van der Waals surface area contributed by atoms with Crippen LogP contribution in [0.25, 0.3) is 0 Å². The van der Waals surface area contributed by atoms with E-state index in [-0.39, 0.29) is 31.1 Å². The largest absolute Gasteiger partial charge is 0.462 e. The molecule has 0 fully saturated rings. The van der Waals surface area contributed by atoms with Crippen LogP contribution in [0.1, 0.15) is 213 Å². The van der Waals surface area contributed by atoms with Gasteiger partial charge in [-0.15, -0.1) is 0 Å². The van der Waals surface area contributed by atoms with E-state index < -0.39 is 6.10 Å². The molecular formula is C39H74O6. The SMILES string of the molecule is CCCCCCCCCCCCCCCC(=O)OC[C@@H](COC(=O)CCCCCCCCCCC)OC(=O)CCCCCCC. The number of ether oxygens (including phenoxy) is 3. The van der Waals surface area contributed by atoms with E-state index in [1.165, 1.54) is 109 Å². The van der Waals surface area contributed by atoms with Gasteiger partial charge in [0, 0.05) is 19.3 Å². The zero-order valence-corrected chi connectivity index (χ0v) is 30.2. The highest BCUT2D eigenvalue weighted by molar-refractivity contribution is 5.71. The van der Waals surface area contributed by atoms with Gasteiger partial charge in [-0.05, 0) is 19.3 Å². The molecule has 6 heteroatoms. The molecular weight excluding hydrogens is 564 g/mol. The average Bonchev–Trinajstić information content (AvgIpc) is 3.03. The van der Waals surface area contributed by atoms with Crippen molar-refractivity contribution in [1.82, 2.24) is 0 Å². The van der Waals surface area contributed by atoms with Crippen LogP contribution in [-0.4, -0.2) is 37.2 Å². The number of rotatable bonds is 35. The Bertz CT molecular complexity index is 664. The van der Waals surface area contributed by atoms with Crippen LogP contribution in [0, 0.1) is 0 Å². The van der Waals surface area contributed by atoms with Crippen molar-refractivity contribution < 1.29 is 28.6 Å². The molecule has 0 aromatic heterocycles. The minimum absolute atomic E-state index is 0.0653. The van der Waals surface area contributed by atoms with E-state index in [0.29, 0.717) is 19.3 Å². The first kappa shape index (κ1) is 43.4. The minimum Gasteiger partial charge on any atom is -0.462 e. The summed E-state index contributed by atoms with van der Waals surface area (Å²) >= 11 is 0. The van der Waals surface area contributed by atoms with E-state index >= 15 is 0 Å². The lowest BCUT2D eigenvalue weighted by molar-refractivity contribution is -0.167. The van der Waals surface area contributed by atoms with Gasteiger partial charge in [0.1, 0.15) is 13.2 Å². The summed E-state index contributed by atoms with van der Waals surface area (Å²) in [6.45, 7) is 6.52. The van der Waals surface area contributed by atoms with Crippen LogP contribution >= 0.6 is 0 Å². The van der Waals surface area contributed by atoms with E-state index in [0.717, 1.165) is 64.2 Å². The first-order valence-electron chi connectivity index (χ1n) is 19.5. The summed E-state index contributed by atoms with van der Waals surface area (Å²) in [6, 6.07) is 0. The summed E-state index contributed by atoms with van der Waals surface area (Å²) in [7, 11) is 0. The normalized spacial score (nSPS) is 11.8. The van der Waals surface area contributed by atoms with Gasteiger partial charge in [0.2, 0.25) is 0 Å². The maximum atomic E-state index is 12.4. The Balaban J connectivity index is 4.20. The Kier molecular flexibility index (Phi) is 34.0. The van der Waals surface area contributed by atoms with Crippen molar-refractivity contribution in [1.29, 1.82) is 0 Å². The molecule has 0 saturated heterocycles. The van der Waals surface area contributed by atoms with Crippen molar-refractivity contribution in [3.8, 4) is 0 Å². The molecule has 0 aromatic rings. The van der Waals surface area contributed by atoms with Gasteiger partial charge in [-0.2, -0.15) is 0 Å². The van der Waals surface area contributed by atoms with Crippen LogP contribution in [0.4, 0.5) is 0 Å². The van der Waals surface area contributed by atoms with Gasteiger partial charge in [0.25, 0.3) is 0 Å². The minimum atomic E-state index is -0.754. The lowest BCUT2D eigenvalue weighted by Gasteiger charge is -2.18. The fourth-order valence-corrected chi connectivity index (χ4v) is 5.62. The highest BCUT2D eigenvalue weighted by Crippen LogP contribution is 2.14. The van der Waals surface area contributed by atoms with Crippen molar-refractivity contribution in [3.63, 3.8) is 0 Å². The zero-order valence-electron chi connectivity index (χ0n) is 30.2. The van der Waals surface area contributed by atoms with Crippen molar-refractivity contribution in [2.75, 3.05) is 13.2 Å². The van der Waals surface area contributed by atoms with Crippen LogP contribution in [0.15, 0.2) is 0 Å². The molecule has 0 unspecified atom stereocenters. The molecule has 0 aliphatic carbocycles. The predicted molar refractivity (Wildman–Crippen MR) is 187 cm³/mol. The molecule has 0 aromatic carbocycles. The molecule has 0 radical (unpaired) electrons. The van der Waals surface area contributed by atoms with Gasteiger partial charge in [-0.25, -0.2) is 0 Å². The van der Waals surface area contributed by atoms with Gasteiger partial charge in [-0.3, -0.25) is 14.4 Å². The lowest BCUT2D eigenvalue weighted by Crippen LogP contribution is -2.30. The summed E-state index contributed by atoms with van der Waals surface area (Å²) in [4.78, 5) is 37.1. The molecule has 0 bridgehead atoms. The zero-order chi connectivity index (χ0) is 33.1. The third-order valence-electron chi connectivity index (χ3n) is 8.61. The Labute approximate surface area is 278 Å². The first-order valence-corrected chi connectivity index (χ1v) is 19.5. The summed E-state index contributed by atoms with van der Waals surface area (Å²) in [5.41, 5.74) is 0. The first-order chi connectivity index (χ1) is 22.0. The number of carbonyl (C=O) groups excluding carboxylic acids is 3. The van der Waals surface area contributed by atoms with E-state index in [1.807, 2.05) is 0 Å². The second kappa shape index (κ2) is 35.3. The highest BCUT2D eigenvalue weighted by atomic mass is 16.6. The number of esters is 3. The second-order valence-corrected chi connectivity index (χ2v) is 13.2. The van der Waals surface area contributed by atoms with E-state index in [1.54, 1.807) is 0 Å². The molecule has 0 heterocycles. The number of hydrogen-bond acceptors (Lipinski definition) is 6. The van der Waals surface area contributed by atoms with Crippen LogP contribution in [0.2, 0.25) is 0 Å². The van der Waals surface area contributed by atoms with Gasteiger partial charge >= 0.3 is 17.9 Å². The molecule has 6 nitrogen and oxygen atoms in total. The van der Waals surface area contributed by atoms with Crippen molar-refractivity contribution in [2.45, 2.75) is 219 Å². The lowest BCUT2D eigenvalue weighted by atomic mass is 10.0. The molecule has 0 spiro atoms. The standard InChI is InChI=1S/C39H74O6/c1-4-7-10-13-15-17-18-19-20-22-24-27-29-32-38(41)44-35-36(45-39(42)33-30-25-12-9-6-3)34-43-37(40)31-28-26-23-21-16-14-11-8-5-2/h36H,4-35H2,1-3H3/t36-/m1/s1. The molecule has 0 aliphatic heterocycles. The fourth-order valence-electron chi connectivity index (χ4n) is 5.62. The number of hydrogen-bond donors (Lipinski definition) is 0. The molecule has 0 saturated carbocycles. The van der Waals surface area contributed by atoms with Crippen LogP contribution in [0.5, 0.6) is 0 Å². The molecule has 0 aliphatic rings. The topological polar surface area (TPSA) is 78.9 Å². The van der Waals surface area contributed by atoms with Gasteiger partial charge in [0.15, 0.2) is 6.10 Å². The van der Waals surface area contributed by atoms with Gasteiger partial charge in [-0.1, -0.05) is 175 Å². The second-order valence-electron chi connectivity index (χ2n) is 13.2. The molecule has 45 heavy (non-hydrogen) atoms. The summed E-state index contributed by atoms with van der Waals surface area (Å²) < 4.78 is 16.5. The van der Waals surface area contributed by atoms with Crippen LogP contribution in [-0.2, 0) is 28.6 Å². The van der Waals surface area contributed by atoms with Crippen molar-refractivity contribution >= 4 is 17.9 Å². The van der Waals surface area contributed by atoms with E-state index in [4.69, 9.17) is 14.2 Å². The predicted octanol–water partition coefficient (Wildman–Crippen LogP) is 11.7. The maximum Gasteiger partial charge on any atom is 0.306 e. The average molecular weight is 639 g/mol. The molecule has 266 valence electrons. The summed E-state index contributed by atoms with van der Waals surface area (Å²) in [5.74, 6) is -0.879. The fraction of sp³-hybridized carbons (Fsp3) is 0.923. The molecule has 1 atom stereocenters. The Morgan fingerprint density at radius 3 is 0.889 bits per heavy atom. The van der Waals surface area contributed by atoms with Crippen molar-refractivity contribution in [3.05, 3.63) is 0 Å². The molecule has 0 rings (SSSR count). The van der Waals surface area contributed by atoms with Gasteiger partial charge < -0.3 is 14.2 Å². The van der Waals surface area contributed by atoms with E-state index in [9.17, 15) is 14.4 Å². The van der Waals surface area contributed by atoms with Crippen molar-refractivity contribution in [2.24, 2.45) is 0 Å². The Morgan fingerprint density at radius 1 is 0.356 bits per heavy atom. The monoisotopic (exact) mass is 639 g/mol. The molecule has 0 amide bonds. The summed E-state index contributed by atoms with van der Waals surface area (Å²) in [6.07, 6.45) is 32.6. The number of unbranched alkanes of at least 4 members (excludes halogenated alkanes) is 24. The smallest absolute Gasteiger partial charge is 0.306 e. The third kappa shape index (κ3) is 33.6. The Morgan fingerprint density at radius 2 is 0.600 bits per heavy atom. The van der Waals surface area contributed by atoms with Crippen LogP contribution < -0.4 is 0 Å². The quantitative estimate of drug-likeness (QED) is 0.0390. The van der Waals surface area contributed by atoms with Crippen LogP contribution in [0.3, 0.4) is 0 Å². The summed E-state index contributed by atoms with van der Waals surface area (Å²) in [5, 5.41) is 0. The Hall–Kier alpha value is -1.59. The third-order valence-corrected chi connectivity index (χ3v) is 8.61.